The van der Waals surface area contributed by atoms with Crippen LogP contribution in [0.4, 0.5) is 0 Å². The number of primary amides is 1. The number of carboxylic acid groups (broad SMARTS) is 3. The summed E-state index contributed by atoms with van der Waals surface area (Å²) >= 11 is 1.83. The number of aliphatic hydroxyl groups is 1. The molecule has 0 fully saturated rings. The molecule has 63 heavy (non-hydrogen) atoms. The Morgan fingerprint density at radius 3 is 1.37 bits per heavy atom. The van der Waals surface area contributed by atoms with E-state index in [0.717, 1.165) is 7.11 Å². The molecule has 0 spiro atoms. The minimum absolute atomic E-state index is 0.00978. The zero-order valence-electron chi connectivity index (χ0n) is 35.7. The molecule has 4 atom stereocenters. The third kappa shape index (κ3) is 35.4. The lowest BCUT2D eigenvalue weighted by Gasteiger charge is -2.17. The number of unbranched alkanes of at least 4 members (excludes halogenated alkanes) is 1. The molecule has 0 aromatic heterocycles. The Morgan fingerprint density at radius 2 is 0.921 bits per heavy atom. The number of halogens is 1. The summed E-state index contributed by atoms with van der Waals surface area (Å²) < 4.78 is 23.8. The van der Waals surface area contributed by atoms with Crippen LogP contribution >= 0.6 is 22.9 Å². The fourth-order valence-corrected chi connectivity index (χ4v) is 5.49. The van der Waals surface area contributed by atoms with Crippen molar-refractivity contribution >= 4 is 76.2 Å². The minimum atomic E-state index is -1.47. The molecule has 0 saturated heterocycles. The molecule has 0 aliphatic carbocycles. The summed E-state index contributed by atoms with van der Waals surface area (Å²) in [6.45, 7) is 5.77. The van der Waals surface area contributed by atoms with Crippen molar-refractivity contribution in [3.63, 3.8) is 0 Å². The molecule has 362 valence electrons. The molecule has 0 aliphatic heterocycles. The molecule has 6 amide bonds. The number of aliphatic carboxylic acids is 3. The zero-order valence-corrected chi connectivity index (χ0v) is 37.9. The van der Waals surface area contributed by atoms with Crippen molar-refractivity contribution in [2.24, 2.45) is 5.73 Å². The lowest BCUT2D eigenvalue weighted by atomic mass is 10.1. The van der Waals surface area contributed by atoms with Crippen LogP contribution in [0.1, 0.15) is 64.7 Å². The van der Waals surface area contributed by atoms with Gasteiger partial charge in [0.2, 0.25) is 35.4 Å². The van der Waals surface area contributed by atoms with Crippen molar-refractivity contribution in [1.29, 1.82) is 0 Å². The second-order valence-corrected chi connectivity index (χ2v) is 13.9. The van der Waals surface area contributed by atoms with Crippen LogP contribution in [-0.4, -0.2) is 178 Å². The van der Waals surface area contributed by atoms with E-state index in [-0.39, 0.29) is 97.3 Å². The molecule has 25 nitrogen and oxygen atoms in total. The van der Waals surface area contributed by atoms with Gasteiger partial charge in [0.25, 0.3) is 0 Å². The number of amides is 6. The predicted molar refractivity (Wildman–Crippen MR) is 231 cm³/mol. The van der Waals surface area contributed by atoms with Gasteiger partial charge in [-0.15, -0.1) is 0 Å². The predicted octanol–water partition coefficient (Wildman–Crippen LogP) is -2.97. The Balaban J connectivity index is 0. The van der Waals surface area contributed by atoms with Gasteiger partial charge in [-0.25, -0.2) is 17.9 Å². The lowest BCUT2D eigenvalue weighted by Crippen LogP contribution is -2.45. The van der Waals surface area contributed by atoms with E-state index in [1.165, 1.54) is 0 Å². The van der Waals surface area contributed by atoms with Crippen LogP contribution in [0.15, 0.2) is 12.3 Å². The molecular formula is C37H65IN8O17. The Labute approximate surface area is 379 Å². The smallest absolute Gasteiger partial charge is 0.326 e. The molecule has 26 heteroatoms. The highest BCUT2D eigenvalue weighted by Crippen LogP contribution is 2.05. The number of carboxylic acids is 3. The molecule has 0 heterocycles. The van der Waals surface area contributed by atoms with Gasteiger partial charge in [0.05, 0.1) is 45.7 Å². The van der Waals surface area contributed by atoms with Gasteiger partial charge in [0, 0.05) is 74.6 Å². The van der Waals surface area contributed by atoms with Crippen molar-refractivity contribution in [3.05, 3.63) is 12.3 Å². The monoisotopic (exact) mass is 1020 g/mol. The molecule has 0 aromatic carbocycles. The number of rotatable bonds is 39. The second kappa shape index (κ2) is 38.9. The molecule has 0 saturated carbocycles. The van der Waals surface area contributed by atoms with Crippen LogP contribution in [0.5, 0.6) is 0 Å². The molecule has 1 unspecified atom stereocenters. The topological polar surface area (TPSA) is 382 Å². The fourth-order valence-electron chi connectivity index (χ4n) is 4.87. The number of nitrogens with two attached hydrogens (primary N) is 1. The van der Waals surface area contributed by atoms with E-state index in [1.807, 2.05) is 22.9 Å². The SMILES string of the molecule is C=C(C)N[C@@H](CCC(=O)NCCOCCOCC(=O)NCCOCCOCC(=O)NC(CCC(=O)N[C@@H](CCC(=O)NCCCC[C@H](NI)C(N)=O)C(=O)O)C(=O)O)C(=O)O.CO. The average molecular weight is 1020 g/mol. The fraction of sp³-hybridized carbons (Fsp3) is 0.703. The van der Waals surface area contributed by atoms with Gasteiger partial charge in [0.15, 0.2) is 0 Å². The third-order valence-electron chi connectivity index (χ3n) is 8.03. The van der Waals surface area contributed by atoms with E-state index in [0.29, 0.717) is 31.5 Å². The summed E-state index contributed by atoms with van der Waals surface area (Å²) in [5.41, 5.74) is 5.74. The van der Waals surface area contributed by atoms with Gasteiger partial charge in [0.1, 0.15) is 31.3 Å². The van der Waals surface area contributed by atoms with Crippen LogP contribution in [0.25, 0.3) is 0 Å². The van der Waals surface area contributed by atoms with E-state index in [1.54, 1.807) is 6.92 Å². The quantitative estimate of drug-likeness (QED) is 0.0166. The van der Waals surface area contributed by atoms with Crippen molar-refractivity contribution in [1.82, 2.24) is 35.4 Å². The van der Waals surface area contributed by atoms with Gasteiger partial charge >= 0.3 is 17.9 Å². The molecule has 13 N–H and O–H groups in total. The van der Waals surface area contributed by atoms with Crippen LogP contribution in [0.2, 0.25) is 0 Å². The van der Waals surface area contributed by atoms with Gasteiger partial charge in [-0.2, -0.15) is 0 Å². The van der Waals surface area contributed by atoms with Gasteiger partial charge in [-0.1, -0.05) is 6.58 Å². The molecule has 0 radical (unpaired) electrons. The Kier molecular flexibility index (Phi) is 37.3. The minimum Gasteiger partial charge on any atom is -0.480 e. The number of hydrogen-bond acceptors (Lipinski definition) is 16. The van der Waals surface area contributed by atoms with E-state index in [4.69, 9.17) is 34.9 Å². The van der Waals surface area contributed by atoms with Gasteiger partial charge in [-0.3, -0.25) is 28.8 Å². The molecule has 0 bridgehead atoms. The average Bonchev–Trinajstić information content (AvgIpc) is 3.22. The number of allylic oxidation sites excluding steroid dienone is 1. The van der Waals surface area contributed by atoms with Crippen LogP contribution in [-0.2, 0) is 62.1 Å². The largest absolute Gasteiger partial charge is 0.480 e. The highest BCUT2D eigenvalue weighted by Gasteiger charge is 2.25. The third-order valence-corrected chi connectivity index (χ3v) is 8.78. The van der Waals surface area contributed by atoms with Gasteiger partial charge < -0.3 is 77.0 Å². The summed E-state index contributed by atoms with van der Waals surface area (Å²) in [6.07, 6.45) is 0.539. The Bertz CT molecular complexity index is 1430. The standard InChI is InChI=1S/C36H61IN8O16.CH4O/c1-23(2)42-25(34(52)53)6-9-29(47)40-13-15-58-17-19-60-21-31(49)41-14-16-59-18-20-61-22-32(50)44-27(36(56)57)8-11-30(48)43-26(35(54)55)7-10-28(46)39-12-4-3-5-24(45-37)33(38)51;1-2/h24-27,42,45H,1,3-22H2,2H3,(H2,38,51)(H,39,46)(H,40,47)(H,41,49)(H,43,48)(H,44,50)(H,52,53)(H,54,55)(H,56,57);2H,1H3/t24-,25-,26-,27?;/m0./s1. The maximum Gasteiger partial charge on any atom is 0.326 e. The van der Waals surface area contributed by atoms with Gasteiger partial charge in [-0.05, 0) is 45.4 Å². The normalized spacial score (nSPS) is 12.4. The first-order chi connectivity index (χ1) is 30.0. The van der Waals surface area contributed by atoms with E-state index < -0.39 is 84.6 Å². The first-order valence-corrected chi connectivity index (χ1v) is 20.9. The van der Waals surface area contributed by atoms with E-state index in [9.17, 15) is 53.4 Å². The maximum atomic E-state index is 12.4. The van der Waals surface area contributed by atoms with Crippen LogP contribution in [0.3, 0.4) is 0 Å². The van der Waals surface area contributed by atoms with Crippen molar-refractivity contribution in [3.8, 4) is 0 Å². The number of carbonyl (C=O) groups excluding carboxylic acids is 6. The zero-order chi connectivity index (χ0) is 48.0. The first kappa shape index (κ1) is 60.3. The maximum absolute atomic E-state index is 12.4. The second-order valence-electron chi connectivity index (χ2n) is 13.3. The van der Waals surface area contributed by atoms with Crippen LogP contribution in [0, 0.1) is 0 Å². The van der Waals surface area contributed by atoms with E-state index >= 15 is 0 Å². The number of aliphatic hydroxyl groups excluding tert-OH is 1. The summed E-state index contributed by atoms with van der Waals surface area (Å²) in [7, 11) is 1.00. The molecule has 0 rings (SSSR count). The summed E-state index contributed by atoms with van der Waals surface area (Å²) in [5, 5.41) is 50.1. The van der Waals surface area contributed by atoms with Crippen molar-refractivity contribution in [2.45, 2.75) is 88.9 Å². The van der Waals surface area contributed by atoms with E-state index in [2.05, 4.69) is 42.0 Å². The number of nitrogens with one attached hydrogen (secondary N) is 7. The van der Waals surface area contributed by atoms with Crippen LogP contribution < -0.4 is 41.2 Å². The number of carbonyl (C=O) groups is 9. The summed E-state index contributed by atoms with van der Waals surface area (Å²) in [6, 6.07) is -4.28. The highest BCUT2D eigenvalue weighted by molar-refractivity contribution is 14.1. The van der Waals surface area contributed by atoms with Crippen molar-refractivity contribution < 1.29 is 82.5 Å². The Hall–Kier alpha value is -4.74. The molecule has 0 aromatic rings. The van der Waals surface area contributed by atoms with Crippen molar-refractivity contribution in [2.75, 3.05) is 79.6 Å². The number of hydrogen-bond donors (Lipinski definition) is 12. The number of ether oxygens (including phenoxy) is 4. The summed E-state index contributed by atoms with van der Waals surface area (Å²) in [5.74, 6) is -7.11. The summed E-state index contributed by atoms with van der Waals surface area (Å²) in [4.78, 5) is 106. The lowest BCUT2D eigenvalue weighted by molar-refractivity contribution is -0.144. The highest BCUT2D eigenvalue weighted by atomic mass is 127. The Morgan fingerprint density at radius 1 is 0.524 bits per heavy atom. The molecular weight excluding hydrogens is 955 g/mol. The first-order valence-electron chi connectivity index (χ1n) is 19.9. The molecule has 0 aliphatic rings.